The second-order valence-electron chi connectivity index (χ2n) is 12.4. The lowest BCUT2D eigenvalue weighted by Gasteiger charge is -2.30. The molecule has 2 rings (SSSR count). The molecule has 4 N–H and O–H groups in total. The molecule has 0 bridgehead atoms. The summed E-state index contributed by atoms with van der Waals surface area (Å²) in [6.45, 7) is 6.14. The number of imide groups is 1. The van der Waals surface area contributed by atoms with Gasteiger partial charge in [-0.25, -0.2) is 9.59 Å². The topological polar surface area (TPSA) is 216 Å². The maximum absolute atomic E-state index is 13.0. The standard InChI is InChI=1S/C36H52N2O13/c1-6-7-8-9-10-16-29(43)48-21-14-12-15-26(41)31(45)33-34(51-35(46)37-25(4)40)32-27(49-32)19-18-23(2)22-28(42)38-36(47-5,24(3)39)20-13-11-17-30(44)50-33/h11-13,15,17,20,22,26-27,31-34,41,45H,6-10,14,16,18-19,21H2,1-5H3,(H,38,42)(H,37,40,46)/b15-12+,17-11-,20-13+,23-22-. The molecule has 1 fully saturated rings. The predicted octanol–water partition coefficient (Wildman–Crippen LogP) is 2.78. The van der Waals surface area contributed by atoms with Gasteiger partial charge in [0.1, 0.15) is 18.3 Å². The number of Topliss-reactive ketones (excluding diaryl/α,β-unsaturated/α-hetero) is 1. The number of fused-ring (bicyclic) bond motifs is 1. The lowest BCUT2D eigenvalue weighted by atomic mass is 9.97. The van der Waals surface area contributed by atoms with Crippen LogP contribution in [0.3, 0.4) is 0 Å². The van der Waals surface area contributed by atoms with Crippen LogP contribution in [0.5, 0.6) is 0 Å². The molecule has 0 aromatic rings. The van der Waals surface area contributed by atoms with E-state index in [1.807, 2.05) is 5.32 Å². The molecule has 0 radical (unpaired) electrons. The van der Waals surface area contributed by atoms with Crippen molar-refractivity contribution in [2.45, 2.75) is 128 Å². The van der Waals surface area contributed by atoms with Crippen LogP contribution in [0, 0.1) is 0 Å². The number of hydrogen-bond acceptors (Lipinski definition) is 13. The number of nitrogens with one attached hydrogen (secondary N) is 2. The fourth-order valence-corrected chi connectivity index (χ4v) is 5.25. The number of cyclic esters (lactones) is 1. The first-order valence-corrected chi connectivity index (χ1v) is 17.2. The number of rotatable bonds is 15. The number of methoxy groups -OCH3 is 1. The van der Waals surface area contributed by atoms with Gasteiger partial charge in [-0.15, -0.1) is 0 Å². The third-order valence-electron chi connectivity index (χ3n) is 8.12. The van der Waals surface area contributed by atoms with Crippen LogP contribution in [-0.4, -0.2) is 102 Å². The van der Waals surface area contributed by atoms with E-state index in [0.29, 0.717) is 24.8 Å². The number of carbonyl (C=O) groups excluding carboxylic acids is 6. The van der Waals surface area contributed by atoms with Crippen LogP contribution < -0.4 is 10.6 Å². The maximum atomic E-state index is 13.0. The minimum absolute atomic E-state index is 0.0430. The minimum atomic E-state index is -1.87. The van der Waals surface area contributed by atoms with Gasteiger partial charge in [-0.05, 0) is 45.6 Å². The summed E-state index contributed by atoms with van der Waals surface area (Å²) in [5.41, 5.74) is -1.23. The summed E-state index contributed by atoms with van der Waals surface area (Å²) in [5, 5.41) is 26.7. The smallest absolute Gasteiger partial charge is 0.414 e. The molecule has 0 aromatic carbocycles. The second kappa shape index (κ2) is 21.9. The average molecular weight is 721 g/mol. The van der Waals surface area contributed by atoms with Gasteiger partial charge in [0.05, 0.1) is 12.7 Å². The van der Waals surface area contributed by atoms with Crippen LogP contribution in [-0.2, 0) is 47.7 Å². The lowest BCUT2D eigenvalue weighted by Crippen LogP contribution is -2.53. The highest BCUT2D eigenvalue weighted by atomic mass is 16.7. The molecule has 0 aromatic heterocycles. The monoisotopic (exact) mass is 720 g/mol. The third kappa shape index (κ3) is 15.3. The summed E-state index contributed by atoms with van der Waals surface area (Å²) in [6.07, 6.45) is 5.22. The van der Waals surface area contributed by atoms with E-state index in [-0.39, 0.29) is 19.0 Å². The largest absolute Gasteiger partial charge is 0.465 e. The van der Waals surface area contributed by atoms with E-state index in [4.69, 9.17) is 23.7 Å². The molecule has 2 aliphatic heterocycles. The number of aliphatic hydroxyl groups excluding tert-OH is 2. The quantitative estimate of drug-likeness (QED) is 0.0630. The zero-order valence-corrected chi connectivity index (χ0v) is 30.0. The summed E-state index contributed by atoms with van der Waals surface area (Å²) >= 11 is 0. The van der Waals surface area contributed by atoms with Crippen molar-refractivity contribution in [2.75, 3.05) is 13.7 Å². The minimum Gasteiger partial charge on any atom is -0.465 e. The van der Waals surface area contributed by atoms with Crippen LogP contribution in [0.1, 0.15) is 85.5 Å². The maximum Gasteiger partial charge on any atom is 0.414 e. The number of amides is 3. The molecule has 0 spiro atoms. The Hall–Kier alpha value is -4.18. The Kier molecular flexibility index (Phi) is 18.5. The highest BCUT2D eigenvalue weighted by Crippen LogP contribution is 2.35. The number of epoxide rings is 1. The van der Waals surface area contributed by atoms with Gasteiger partial charge in [-0.2, -0.15) is 0 Å². The molecular formula is C36H52N2O13. The van der Waals surface area contributed by atoms with Crippen LogP contribution in [0.2, 0.25) is 0 Å². The van der Waals surface area contributed by atoms with Crippen molar-refractivity contribution in [3.8, 4) is 0 Å². The van der Waals surface area contributed by atoms with E-state index in [9.17, 15) is 39.0 Å². The fourth-order valence-electron chi connectivity index (χ4n) is 5.25. The summed E-state index contributed by atoms with van der Waals surface area (Å²) in [4.78, 5) is 74.4. The number of allylic oxidation sites excluding steroid dienone is 3. The lowest BCUT2D eigenvalue weighted by molar-refractivity contribution is -0.166. The Balaban J connectivity index is 2.31. The van der Waals surface area contributed by atoms with Crippen molar-refractivity contribution < 1.29 is 62.7 Å². The first kappa shape index (κ1) is 43.0. The van der Waals surface area contributed by atoms with Crippen LogP contribution in [0.25, 0.3) is 0 Å². The molecule has 0 saturated carbocycles. The Morgan fingerprint density at radius 1 is 1.12 bits per heavy atom. The molecule has 2 heterocycles. The van der Waals surface area contributed by atoms with Crippen molar-refractivity contribution in [3.05, 3.63) is 48.1 Å². The van der Waals surface area contributed by atoms with E-state index in [1.54, 1.807) is 6.92 Å². The Bertz CT molecular complexity index is 1340. The number of ketones is 1. The average Bonchev–Trinajstić information content (AvgIpc) is 3.84. The summed E-state index contributed by atoms with van der Waals surface area (Å²) < 4.78 is 27.3. The van der Waals surface area contributed by atoms with Gasteiger partial charge in [0.2, 0.25) is 17.5 Å². The van der Waals surface area contributed by atoms with E-state index < -0.39 is 72.0 Å². The number of unbranched alkanes of at least 4 members (excludes halogenated alkanes) is 4. The van der Waals surface area contributed by atoms with Crippen LogP contribution in [0.4, 0.5) is 4.79 Å². The molecule has 284 valence electrons. The molecule has 0 aliphatic carbocycles. The molecule has 7 unspecified atom stereocenters. The number of carbonyl (C=O) groups is 6. The van der Waals surface area contributed by atoms with Gasteiger partial charge in [-0.3, -0.25) is 24.5 Å². The zero-order chi connectivity index (χ0) is 38.0. The van der Waals surface area contributed by atoms with Gasteiger partial charge in [0.25, 0.3) is 0 Å². The number of esters is 2. The first-order chi connectivity index (χ1) is 24.2. The number of hydrogen-bond donors (Lipinski definition) is 4. The van der Waals surface area contributed by atoms with E-state index in [2.05, 4.69) is 12.2 Å². The molecule has 15 heteroatoms. The van der Waals surface area contributed by atoms with Crippen LogP contribution >= 0.6 is 0 Å². The summed E-state index contributed by atoms with van der Waals surface area (Å²) in [6, 6.07) is 0. The van der Waals surface area contributed by atoms with Gasteiger partial charge in [0.15, 0.2) is 18.0 Å². The van der Waals surface area contributed by atoms with E-state index in [1.165, 1.54) is 50.5 Å². The highest BCUT2D eigenvalue weighted by molar-refractivity contribution is 5.96. The van der Waals surface area contributed by atoms with E-state index >= 15 is 0 Å². The first-order valence-electron chi connectivity index (χ1n) is 17.2. The van der Waals surface area contributed by atoms with Crippen molar-refractivity contribution >= 4 is 35.6 Å². The molecule has 15 nitrogen and oxygen atoms in total. The second-order valence-corrected chi connectivity index (χ2v) is 12.4. The normalized spacial score (nSPS) is 27.6. The molecule has 51 heavy (non-hydrogen) atoms. The Morgan fingerprint density at radius 3 is 2.51 bits per heavy atom. The third-order valence-corrected chi connectivity index (χ3v) is 8.12. The van der Waals surface area contributed by atoms with Crippen molar-refractivity contribution in [1.82, 2.24) is 10.6 Å². The highest BCUT2D eigenvalue weighted by Gasteiger charge is 2.53. The molecule has 3 amide bonds. The molecule has 2 aliphatic rings. The molecule has 1 saturated heterocycles. The van der Waals surface area contributed by atoms with E-state index in [0.717, 1.165) is 45.1 Å². The van der Waals surface area contributed by atoms with Gasteiger partial charge in [0, 0.05) is 32.6 Å². The Labute approximate surface area is 298 Å². The summed E-state index contributed by atoms with van der Waals surface area (Å²) in [5.74, 6) is -3.27. The SMILES string of the molecule is CCCCCCCC(=O)OCC/C=C/C(O)C(O)C1OC(=O)/C=C\C=C\C(OC)(C(C)=O)NC(=O)/C=C(/C)CCC2OC2C1OC(=O)NC(C)=O. The molecule has 7 atom stereocenters. The number of ether oxygens (including phenoxy) is 5. The number of aliphatic hydroxyl groups is 2. The van der Waals surface area contributed by atoms with Gasteiger partial charge in [-0.1, -0.05) is 62.5 Å². The fraction of sp³-hybridized carbons (Fsp3) is 0.611. The zero-order valence-electron chi connectivity index (χ0n) is 30.0. The molecular weight excluding hydrogens is 668 g/mol. The number of alkyl carbamates (subject to hydrolysis) is 1. The van der Waals surface area contributed by atoms with Gasteiger partial charge >= 0.3 is 18.0 Å². The summed E-state index contributed by atoms with van der Waals surface area (Å²) in [7, 11) is 1.23. The predicted molar refractivity (Wildman–Crippen MR) is 183 cm³/mol. The Morgan fingerprint density at radius 2 is 1.84 bits per heavy atom. The van der Waals surface area contributed by atoms with Crippen molar-refractivity contribution in [2.24, 2.45) is 0 Å². The van der Waals surface area contributed by atoms with Crippen molar-refractivity contribution in [1.29, 1.82) is 0 Å². The van der Waals surface area contributed by atoms with Gasteiger partial charge < -0.3 is 39.2 Å². The van der Waals surface area contributed by atoms with Crippen molar-refractivity contribution in [3.63, 3.8) is 0 Å². The van der Waals surface area contributed by atoms with Crippen LogP contribution in [0.15, 0.2) is 48.1 Å².